The second-order valence-corrected chi connectivity index (χ2v) is 7.21. The zero-order chi connectivity index (χ0) is 17.5. The molecule has 0 spiro atoms. The van der Waals surface area contributed by atoms with Gasteiger partial charge in [0.2, 0.25) is 5.91 Å². The van der Waals surface area contributed by atoms with Crippen molar-refractivity contribution in [1.29, 1.82) is 0 Å². The first kappa shape index (κ1) is 17.8. The van der Waals surface area contributed by atoms with Crippen LogP contribution in [0.25, 0.3) is 0 Å². The van der Waals surface area contributed by atoms with Crippen LogP contribution >= 0.6 is 0 Å². The zero-order valence-electron chi connectivity index (χ0n) is 14.7. The Bertz CT molecular complexity index is 555. The van der Waals surface area contributed by atoms with E-state index in [1.807, 2.05) is 0 Å². The lowest BCUT2D eigenvalue weighted by Crippen LogP contribution is -2.50. The topological polar surface area (TPSA) is 103 Å². The van der Waals surface area contributed by atoms with Crippen molar-refractivity contribution in [3.8, 4) is 0 Å². The quantitative estimate of drug-likeness (QED) is 0.702. The largest absolute Gasteiger partial charge is 0.355 e. The molecule has 1 aliphatic heterocycles. The van der Waals surface area contributed by atoms with Crippen LogP contribution in [-0.4, -0.2) is 64.3 Å². The maximum atomic E-state index is 12.2. The van der Waals surface area contributed by atoms with Gasteiger partial charge in [0.1, 0.15) is 0 Å². The van der Waals surface area contributed by atoms with Crippen molar-refractivity contribution in [3.05, 3.63) is 11.9 Å². The number of nitrogens with one attached hydrogen (secondary N) is 3. The molecule has 8 heteroatoms. The first-order chi connectivity index (χ1) is 12.2. The predicted molar refractivity (Wildman–Crippen MR) is 92.9 cm³/mol. The minimum atomic E-state index is -0.220. The third kappa shape index (κ3) is 5.52. The van der Waals surface area contributed by atoms with Gasteiger partial charge in [-0.05, 0) is 38.1 Å². The van der Waals surface area contributed by atoms with Crippen molar-refractivity contribution in [2.75, 3.05) is 26.2 Å². The monoisotopic (exact) mass is 348 g/mol. The summed E-state index contributed by atoms with van der Waals surface area (Å²) < 4.78 is 0. The minimum Gasteiger partial charge on any atom is -0.355 e. The van der Waals surface area contributed by atoms with Crippen molar-refractivity contribution >= 4 is 11.8 Å². The average Bonchev–Trinajstić information content (AvgIpc) is 3.16. The molecule has 1 aromatic heterocycles. The molecule has 3 rings (SSSR count). The van der Waals surface area contributed by atoms with E-state index in [1.165, 1.54) is 38.3 Å². The van der Waals surface area contributed by atoms with E-state index in [2.05, 4.69) is 30.9 Å². The number of nitrogens with zero attached hydrogens (tertiary/aromatic N) is 3. The van der Waals surface area contributed by atoms with Crippen LogP contribution in [0.15, 0.2) is 6.20 Å². The van der Waals surface area contributed by atoms with Crippen molar-refractivity contribution in [2.45, 2.75) is 51.0 Å². The number of H-pyrrole nitrogens is 1. The Hall–Kier alpha value is -1.96. The molecule has 2 amide bonds. The number of hydrogen-bond acceptors (Lipinski definition) is 5. The Morgan fingerprint density at radius 1 is 1.20 bits per heavy atom. The highest BCUT2D eigenvalue weighted by atomic mass is 16.2. The third-order valence-corrected chi connectivity index (χ3v) is 5.17. The van der Waals surface area contributed by atoms with Crippen LogP contribution in [-0.2, 0) is 4.79 Å². The molecule has 0 unspecified atom stereocenters. The summed E-state index contributed by atoms with van der Waals surface area (Å²) in [6.07, 6.45) is 9.69. The molecular formula is C17H28N6O2. The van der Waals surface area contributed by atoms with Gasteiger partial charge in [0.15, 0.2) is 5.69 Å². The van der Waals surface area contributed by atoms with Gasteiger partial charge in [-0.2, -0.15) is 15.4 Å². The summed E-state index contributed by atoms with van der Waals surface area (Å²) in [6, 6.07) is 0.0455. The van der Waals surface area contributed by atoms with Crippen molar-refractivity contribution in [3.63, 3.8) is 0 Å². The average molecular weight is 348 g/mol. The number of hydrogen-bond donors (Lipinski definition) is 3. The van der Waals surface area contributed by atoms with E-state index >= 15 is 0 Å². The fourth-order valence-corrected chi connectivity index (χ4v) is 3.80. The first-order valence-corrected chi connectivity index (χ1v) is 9.36. The van der Waals surface area contributed by atoms with Crippen molar-refractivity contribution < 1.29 is 9.59 Å². The Morgan fingerprint density at radius 2 is 2.04 bits per heavy atom. The third-order valence-electron chi connectivity index (χ3n) is 5.17. The van der Waals surface area contributed by atoms with Gasteiger partial charge in [0.05, 0.1) is 12.7 Å². The summed E-state index contributed by atoms with van der Waals surface area (Å²) in [5.41, 5.74) is 0.294. The second-order valence-electron chi connectivity index (χ2n) is 7.21. The molecule has 138 valence electrons. The van der Waals surface area contributed by atoms with Crippen molar-refractivity contribution in [2.24, 2.45) is 5.92 Å². The number of carbonyl (C=O) groups excluding carboxylic acids is 2. The Balaban J connectivity index is 1.38. The molecule has 2 aliphatic rings. The van der Waals surface area contributed by atoms with Crippen LogP contribution < -0.4 is 10.6 Å². The molecule has 2 heterocycles. The number of amides is 2. The Kier molecular flexibility index (Phi) is 6.38. The van der Waals surface area contributed by atoms with Crippen LogP contribution in [0, 0.1) is 5.92 Å². The SMILES string of the molecule is O=C(CN1CCC[C@@H](NC(=O)c2cn[nH]n2)C1)NCC1CCCCC1. The number of rotatable bonds is 6. The molecule has 1 atom stereocenters. The molecular weight excluding hydrogens is 320 g/mol. The summed E-state index contributed by atoms with van der Waals surface area (Å²) in [6.45, 7) is 2.80. The number of aromatic amines is 1. The molecule has 3 N–H and O–H groups in total. The molecule has 1 saturated heterocycles. The predicted octanol–water partition coefficient (Wildman–Crippen LogP) is 0.695. The van der Waals surface area contributed by atoms with Crippen LogP contribution in [0.5, 0.6) is 0 Å². The van der Waals surface area contributed by atoms with Crippen LogP contribution in [0.2, 0.25) is 0 Å². The van der Waals surface area contributed by atoms with Crippen molar-refractivity contribution in [1.82, 2.24) is 30.9 Å². The van der Waals surface area contributed by atoms with Gasteiger partial charge in [-0.3, -0.25) is 14.5 Å². The van der Waals surface area contributed by atoms with Gasteiger partial charge in [0, 0.05) is 19.1 Å². The van der Waals surface area contributed by atoms with E-state index in [0.717, 1.165) is 25.9 Å². The molecule has 8 nitrogen and oxygen atoms in total. The summed E-state index contributed by atoms with van der Waals surface area (Å²) in [7, 11) is 0. The fourth-order valence-electron chi connectivity index (χ4n) is 3.80. The van der Waals surface area contributed by atoms with Gasteiger partial charge in [-0.25, -0.2) is 0 Å². The van der Waals surface area contributed by atoms with E-state index in [4.69, 9.17) is 0 Å². The number of aromatic nitrogens is 3. The summed E-state index contributed by atoms with van der Waals surface area (Å²) >= 11 is 0. The van der Waals surface area contributed by atoms with E-state index in [0.29, 0.717) is 24.7 Å². The molecule has 0 radical (unpaired) electrons. The van der Waals surface area contributed by atoms with E-state index in [9.17, 15) is 9.59 Å². The van der Waals surface area contributed by atoms with Gasteiger partial charge in [0.25, 0.3) is 5.91 Å². The maximum Gasteiger partial charge on any atom is 0.273 e. The van der Waals surface area contributed by atoms with Gasteiger partial charge < -0.3 is 10.6 Å². The van der Waals surface area contributed by atoms with Crippen LogP contribution in [0.4, 0.5) is 0 Å². The minimum absolute atomic E-state index is 0.0455. The Morgan fingerprint density at radius 3 is 2.80 bits per heavy atom. The first-order valence-electron chi connectivity index (χ1n) is 9.36. The van der Waals surface area contributed by atoms with Crippen LogP contribution in [0.3, 0.4) is 0 Å². The van der Waals surface area contributed by atoms with Gasteiger partial charge in [-0.15, -0.1) is 0 Å². The number of carbonyl (C=O) groups is 2. The summed E-state index contributed by atoms with van der Waals surface area (Å²) in [5.74, 6) is 0.518. The summed E-state index contributed by atoms with van der Waals surface area (Å²) in [5, 5.41) is 15.9. The lowest BCUT2D eigenvalue weighted by molar-refractivity contribution is -0.122. The smallest absolute Gasteiger partial charge is 0.273 e. The van der Waals surface area contributed by atoms with Crippen LogP contribution in [0.1, 0.15) is 55.4 Å². The zero-order valence-corrected chi connectivity index (χ0v) is 14.7. The molecule has 1 saturated carbocycles. The second kappa shape index (κ2) is 8.94. The van der Waals surface area contributed by atoms with Gasteiger partial charge in [-0.1, -0.05) is 19.3 Å². The Labute approximate surface area is 148 Å². The number of likely N-dealkylation sites (tertiary alicyclic amines) is 1. The number of piperidine rings is 1. The van der Waals surface area contributed by atoms with E-state index < -0.39 is 0 Å². The summed E-state index contributed by atoms with van der Waals surface area (Å²) in [4.78, 5) is 26.4. The molecule has 0 aromatic carbocycles. The standard InChI is InChI=1S/C17H28N6O2/c24-16(18-9-13-5-2-1-3-6-13)12-23-8-4-7-14(11-23)20-17(25)15-10-19-22-21-15/h10,13-14H,1-9,11-12H2,(H,18,24)(H,20,25)(H,19,21,22)/t14-/m1/s1. The highest BCUT2D eigenvalue weighted by molar-refractivity contribution is 5.92. The molecule has 1 aromatic rings. The highest BCUT2D eigenvalue weighted by Gasteiger charge is 2.24. The fraction of sp³-hybridized carbons (Fsp3) is 0.765. The maximum absolute atomic E-state index is 12.2. The van der Waals surface area contributed by atoms with E-state index in [1.54, 1.807) is 0 Å². The lowest BCUT2D eigenvalue weighted by Gasteiger charge is -2.32. The van der Waals surface area contributed by atoms with E-state index in [-0.39, 0.29) is 17.9 Å². The molecule has 2 fully saturated rings. The normalized spacial score (nSPS) is 22.5. The highest BCUT2D eigenvalue weighted by Crippen LogP contribution is 2.22. The van der Waals surface area contributed by atoms with Gasteiger partial charge >= 0.3 is 0 Å². The molecule has 25 heavy (non-hydrogen) atoms. The lowest BCUT2D eigenvalue weighted by atomic mass is 9.89. The molecule has 1 aliphatic carbocycles. The molecule has 0 bridgehead atoms.